The second kappa shape index (κ2) is 5.41. The smallest absolute Gasteiger partial charge is 0.118 e. The average Bonchev–Trinajstić information content (AvgIpc) is 2.94. The number of nitrogens with zero attached hydrogens (tertiary/aromatic N) is 2. The molecule has 0 spiro atoms. The van der Waals surface area contributed by atoms with Gasteiger partial charge in [0.1, 0.15) is 11.3 Å². The zero-order chi connectivity index (χ0) is 13.0. The third-order valence-electron chi connectivity index (χ3n) is 3.75. The van der Waals surface area contributed by atoms with Gasteiger partial charge < -0.3 is 4.74 Å². The maximum absolute atomic E-state index is 9.49. The lowest BCUT2D eigenvalue weighted by Gasteiger charge is -2.32. The van der Waals surface area contributed by atoms with E-state index in [1.807, 2.05) is 31.2 Å². The second-order valence-electron chi connectivity index (χ2n) is 5.10. The van der Waals surface area contributed by atoms with Gasteiger partial charge in [0.15, 0.2) is 0 Å². The number of ether oxygens (including phenoxy) is 1. The minimum Gasteiger partial charge on any atom is -0.497 e. The highest BCUT2D eigenvalue weighted by atomic mass is 16.5. The normalized spacial score (nSPS) is 19.2. The van der Waals surface area contributed by atoms with Gasteiger partial charge in [0.05, 0.1) is 13.2 Å². The van der Waals surface area contributed by atoms with E-state index in [1.165, 1.54) is 18.4 Å². The van der Waals surface area contributed by atoms with Crippen molar-refractivity contribution in [2.24, 2.45) is 0 Å². The number of rotatable bonds is 4. The molecule has 0 aliphatic carbocycles. The van der Waals surface area contributed by atoms with Gasteiger partial charge in [0, 0.05) is 6.42 Å². The zero-order valence-corrected chi connectivity index (χ0v) is 11.1. The van der Waals surface area contributed by atoms with Crippen molar-refractivity contribution in [1.82, 2.24) is 4.90 Å². The molecule has 0 N–H and O–H groups in total. The van der Waals surface area contributed by atoms with Crippen LogP contribution < -0.4 is 4.74 Å². The van der Waals surface area contributed by atoms with Crippen LogP contribution >= 0.6 is 0 Å². The molecule has 3 nitrogen and oxygen atoms in total. The van der Waals surface area contributed by atoms with E-state index in [2.05, 4.69) is 11.0 Å². The Balaban J connectivity index is 2.11. The number of hydrogen-bond acceptors (Lipinski definition) is 3. The first-order chi connectivity index (χ1) is 8.68. The molecule has 1 aliphatic rings. The third kappa shape index (κ3) is 2.65. The molecule has 1 heterocycles. The van der Waals surface area contributed by atoms with Gasteiger partial charge in [-0.1, -0.05) is 12.1 Å². The summed E-state index contributed by atoms with van der Waals surface area (Å²) in [6.07, 6.45) is 3.19. The van der Waals surface area contributed by atoms with Gasteiger partial charge in [-0.05, 0) is 50.6 Å². The summed E-state index contributed by atoms with van der Waals surface area (Å²) in [6, 6.07) is 10.5. The van der Waals surface area contributed by atoms with Crippen LogP contribution in [0, 0.1) is 11.3 Å². The van der Waals surface area contributed by atoms with Crippen LogP contribution in [0.5, 0.6) is 5.75 Å². The minimum absolute atomic E-state index is 0.384. The van der Waals surface area contributed by atoms with E-state index in [0.717, 1.165) is 25.3 Å². The Morgan fingerprint density at radius 3 is 2.39 bits per heavy atom. The Morgan fingerprint density at radius 2 is 1.89 bits per heavy atom. The van der Waals surface area contributed by atoms with E-state index >= 15 is 0 Å². The largest absolute Gasteiger partial charge is 0.497 e. The van der Waals surface area contributed by atoms with Crippen LogP contribution in [0.3, 0.4) is 0 Å². The van der Waals surface area contributed by atoms with Gasteiger partial charge in [0.25, 0.3) is 0 Å². The Morgan fingerprint density at radius 1 is 1.28 bits per heavy atom. The van der Waals surface area contributed by atoms with Crippen molar-refractivity contribution < 1.29 is 4.74 Å². The fourth-order valence-corrected chi connectivity index (χ4v) is 2.57. The number of likely N-dealkylation sites (tertiary alicyclic amines) is 1. The molecule has 0 amide bonds. The maximum atomic E-state index is 9.49. The Bertz CT molecular complexity index is 429. The van der Waals surface area contributed by atoms with Crippen molar-refractivity contribution in [3.05, 3.63) is 29.8 Å². The van der Waals surface area contributed by atoms with Crippen LogP contribution in [0.15, 0.2) is 24.3 Å². The molecular weight excluding hydrogens is 224 g/mol. The van der Waals surface area contributed by atoms with E-state index in [0.29, 0.717) is 0 Å². The van der Waals surface area contributed by atoms with Gasteiger partial charge in [-0.2, -0.15) is 5.26 Å². The van der Waals surface area contributed by atoms with Gasteiger partial charge in [-0.25, -0.2) is 0 Å². The van der Waals surface area contributed by atoms with Gasteiger partial charge in [-0.15, -0.1) is 0 Å². The Hall–Kier alpha value is -1.53. The summed E-state index contributed by atoms with van der Waals surface area (Å²) < 4.78 is 5.15. The van der Waals surface area contributed by atoms with Gasteiger partial charge in [-0.3, -0.25) is 4.90 Å². The molecule has 1 aliphatic heterocycles. The number of hydrogen-bond donors (Lipinski definition) is 0. The fraction of sp³-hybridized carbons (Fsp3) is 0.533. The third-order valence-corrected chi connectivity index (χ3v) is 3.75. The number of benzene rings is 1. The first-order valence-corrected chi connectivity index (χ1v) is 6.47. The molecule has 1 aromatic carbocycles. The predicted molar refractivity (Wildman–Crippen MR) is 71.5 cm³/mol. The molecule has 0 radical (unpaired) electrons. The highest BCUT2D eigenvalue weighted by molar-refractivity contribution is 5.29. The summed E-state index contributed by atoms with van der Waals surface area (Å²) in [7, 11) is 1.67. The first kappa shape index (κ1) is 12.9. The Labute approximate surface area is 109 Å². The SMILES string of the molecule is COc1ccc(CC(C)(C#N)N2CCCC2)cc1. The standard InChI is InChI=1S/C15H20N2O/c1-15(12-16,17-9-3-4-10-17)11-13-5-7-14(18-2)8-6-13/h5-8H,3-4,9-11H2,1-2H3. The maximum Gasteiger partial charge on any atom is 0.118 e. The minimum atomic E-state index is -0.384. The monoisotopic (exact) mass is 244 g/mol. The fourth-order valence-electron chi connectivity index (χ4n) is 2.57. The molecule has 1 saturated heterocycles. The van der Waals surface area contributed by atoms with Crippen LogP contribution in [0.4, 0.5) is 0 Å². The molecule has 1 aromatic rings. The van der Waals surface area contributed by atoms with Crippen molar-refractivity contribution in [1.29, 1.82) is 5.26 Å². The quantitative estimate of drug-likeness (QED) is 0.817. The molecule has 1 fully saturated rings. The lowest BCUT2D eigenvalue weighted by molar-refractivity contribution is 0.191. The summed E-state index contributed by atoms with van der Waals surface area (Å²) in [5.74, 6) is 0.860. The van der Waals surface area contributed by atoms with Crippen LogP contribution in [0.25, 0.3) is 0 Å². The van der Waals surface area contributed by atoms with Crippen molar-refractivity contribution in [3.8, 4) is 11.8 Å². The second-order valence-corrected chi connectivity index (χ2v) is 5.10. The number of nitriles is 1. The van der Waals surface area contributed by atoms with Crippen LogP contribution in [0.2, 0.25) is 0 Å². The van der Waals surface area contributed by atoms with E-state index in [-0.39, 0.29) is 5.54 Å². The predicted octanol–water partition coefficient (Wildman–Crippen LogP) is 2.62. The van der Waals surface area contributed by atoms with Crippen LogP contribution in [-0.4, -0.2) is 30.6 Å². The first-order valence-electron chi connectivity index (χ1n) is 6.47. The Kier molecular flexibility index (Phi) is 3.88. The highest BCUT2D eigenvalue weighted by Crippen LogP contribution is 2.25. The molecule has 1 atom stereocenters. The van der Waals surface area contributed by atoms with E-state index in [1.54, 1.807) is 7.11 Å². The summed E-state index contributed by atoms with van der Waals surface area (Å²) in [5.41, 5.74) is 0.803. The van der Waals surface area contributed by atoms with Crippen LogP contribution in [-0.2, 0) is 6.42 Å². The number of methoxy groups -OCH3 is 1. The molecule has 1 unspecified atom stereocenters. The zero-order valence-electron chi connectivity index (χ0n) is 11.1. The molecular formula is C15H20N2O. The molecule has 18 heavy (non-hydrogen) atoms. The molecule has 0 aromatic heterocycles. The van der Waals surface area contributed by atoms with Crippen molar-refractivity contribution in [2.75, 3.05) is 20.2 Å². The van der Waals surface area contributed by atoms with E-state index < -0.39 is 0 Å². The van der Waals surface area contributed by atoms with E-state index in [9.17, 15) is 5.26 Å². The molecule has 0 bridgehead atoms. The summed E-state index contributed by atoms with van der Waals surface area (Å²) >= 11 is 0. The lowest BCUT2D eigenvalue weighted by Crippen LogP contribution is -2.45. The van der Waals surface area contributed by atoms with Gasteiger partial charge in [0.2, 0.25) is 0 Å². The molecule has 96 valence electrons. The van der Waals surface area contributed by atoms with Gasteiger partial charge >= 0.3 is 0 Å². The summed E-state index contributed by atoms with van der Waals surface area (Å²) in [6.45, 7) is 4.13. The molecule has 2 rings (SSSR count). The average molecular weight is 244 g/mol. The van der Waals surface area contributed by atoms with E-state index in [4.69, 9.17) is 4.74 Å². The topological polar surface area (TPSA) is 36.3 Å². The van der Waals surface area contributed by atoms with Crippen molar-refractivity contribution in [3.63, 3.8) is 0 Å². The van der Waals surface area contributed by atoms with Crippen LogP contribution in [0.1, 0.15) is 25.3 Å². The van der Waals surface area contributed by atoms with Crippen molar-refractivity contribution >= 4 is 0 Å². The molecule has 0 saturated carbocycles. The highest BCUT2D eigenvalue weighted by Gasteiger charge is 2.33. The summed E-state index contributed by atoms with van der Waals surface area (Å²) in [4.78, 5) is 2.30. The lowest BCUT2D eigenvalue weighted by atomic mass is 9.92. The summed E-state index contributed by atoms with van der Waals surface area (Å²) in [5, 5.41) is 9.49. The molecule has 3 heteroatoms. The van der Waals surface area contributed by atoms with Crippen molar-refractivity contribution in [2.45, 2.75) is 31.7 Å².